The fourth-order valence-electron chi connectivity index (χ4n) is 1.56. The Balaban J connectivity index is 2.23. The Morgan fingerprint density at radius 1 is 1.06 bits per heavy atom. The fourth-order valence-corrected chi connectivity index (χ4v) is 1.56. The van der Waals surface area contributed by atoms with Gasteiger partial charge in [-0.15, -0.1) is 0 Å². The van der Waals surface area contributed by atoms with Gasteiger partial charge in [-0.25, -0.2) is 9.78 Å². The van der Waals surface area contributed by atoms with E-state index < -0.39 is 5.69 Å². The van der Waals surface area contributed by atoms with Crippen LogP contribution in [0.2, 0.25) is 0 Å². The normalized spacial score (nSPS) is 10.8. The highest BCUT2D eigenvalue weighted by molar-refractivity contribution is 5.74. The molecule has 0 aliphatic rings. The molecular weight excluding hydrogens is 204 g/mol. The van der Waals surface area contributed by atoms with Crippen LogP contribution < -0.4 is 5.69 Å². The molecule has 0 aliphatic carbocycles. The molecule has 0 bridgehead atoms. The van der Waals surface area contributed by atoms with Crippen molar-refractivity contribution >= 4 is 11.2 Å². The second-order valence-corrected chi connectivity index (χ2v) is 3.40. The molecule has 0 atom stereocenters. The Kier molecular flexibility index (Phi) is 1.83. The topological polar surface area (TPSA) is 74.4 Å². The van der Waals surface area contributed by atoms with Gasteiger partial charge >= 0.3 is 5.69 Å². The Morgan fingerprint density at radius 2 is 1.88 bits per heavy atom. The number of rotatable bonds is 1. The van der Waals surface area contributed by atoms with Crippen LogP contribution in [0.25, 0.3) is 22.6 Å². The molecule has 2 N–H and O–H groups in total. The van der Waals surface area contributed by atoms with Crippen LogP contribution in [0.1, 0.15) is 0 Å². The summed E-state index contributed by atoms with van der Waals surface area (Å²) in [6, 6.07) is 9.70. The highest BCUT2D eigenvalue weighted by Crippen LogP contribution is 2.17. The van der Waals surface area contributed by atoms with Gasteiger partial charge in [-0.2, -0.15) is 4.98 Å². The standard InChI is InChI=1S/C11H8N4O/c16-11-12-6-8-10(15-11)14-9(13-8)7-4-2-1-3-5-7/h1-6H,(H2,12,13,14,15,16). The number of hydrogen-bond donors (Lipinski definition) is 2. The molecule has 16 heavy (non-hydrogen) atoms. The molecule has 0 aliphatic heterocycles. The van der Waals surface area contributed by atoms with E-state index in [-0.39, 0.29) is 0 Å². The molecule has 2 aromatic heterocycles. The molecule has 0 spiro atoms. The third-order valence-corrected chi connectivity index (χ3v) is 2.32. The van der Waals surface area contributed by atoms with Crippen molar-refractivity contribution in [2.45, 2.75) is 0 Å². The maximum absolute atomic E-state index is 11.0. The number of aromatic nitrogens is 4. The van der Waals surface area contributed by atoms with Gasteiger partial charge < -0.3 is 4.98 Å². The minimum atomic E-state index is -0.390. The van der Waals surface area contributed by atoms with Crippen LogP contribution >= 0.6 is 0 Å². The molecule has 0 fully saturated rings. The lowest BCUT2D eigenvalue weighted by molar-refractivity contribution is 1.10. The van der Waals surface area contributed by atoms with Crippen LogP contribution in [-0.4, -0.2) is 19.9 Å². The zero-order valence-corrected chi connectivity index (χ0v) is 8.27. The summed E-state index contributed by atoms with van der Waals surface area (Å²) >= 11 is 0. The average molecular weight is 212 g/mol. The zero-order chi connectivity index (χ0) is 11.0. The minimum Gasteiger partial charge on any atom is -0.335 e. The van der Waals surface area contributed by atoms with Crippen LogP contribution in [0.3, 0.4) is 0 Å². The molecule has 78 valence electrons. The monoisotopic (exact) mass is 212 g/mol. The van der Waals surface area contributed by atoms with Gasteiger partial charge in [0, 0.05) is 5.56 Å². The van der Waals surface area contributed by atoms with E-state index >= 15 is 0 Å². The highest BCUT2D eigenvalue weighted by atomic mass is 16.1. The van der Waals surface area contributed by atoms with E-state index in [9.17, 15) is 4.79 Å². The summed E-state index contributed by atoms with van der Waals surface area (Å²) in [7, 11) is 0. The molecule has 3 rings (SSSR count). The van der Waals surface area contributed by atoms with Gasteiger partial charge in [-0.05, 0) is 0 Å². The summed E-state index contributed by atoms with van der Waals surface area (Å²) in [5.41, 5.74) is 1.83. The predicted octanol–water partition coefficient (Wildman–Crippen LogP) is 1.31. The number of imidazole rings is 1. The largest absolute Gasteiger partial charge is 0.346 e. The van der Waals surface area contributed by atoms with E-state index in [2.05, 4.69) is 19.9 Å². The molecular formula is C11H8N4O. The molecule has 3 aromatic rings. The summed E-state index contributed by atoms with van der Waals surface area (Å²) in [6.07, 6.45) is 1.48. The van der Waals surface area contributed by atoms with Crippen LogP contribution in [0.15, 0.2) is 41.3 Å². The molecule has 0 radical (unpaired) electrons. The molecule has 1 aromatic carbocycles. The first kappa shape index (κ1) is 8.84. The van der Waals surface area contributed by atoms with Gasteiger partial charge in [0.1, 0.15) is 11.3 Å². The van der Waals surface area contributed by atoms with E-state index in [1.165, 1.54) is 6.20 Å². The van der Waals surface area contributed by atoms with E-state index in [1.807, 2.05) is 30.3 Å². The third-order valence-electron chi connectivity index (χ3n) is 2.32. The number of benzene rings is 1. The summed E-state index contributed by atoms with van der Waals surface area (Å²) in [6.45, 7) is 0. The van der Waals surface area contributed by atoms with Crippen molar-refractivity contribution in [1.29, 1.82) is 0 Å². The number of aromatic amines is 2. The Labute approximate surface area is 90.2 Å². The molecule has 0 unspecified atom stereocenters. The van der Waals surface area contributed by atoms with Gasteiger partial charge in [0.25, 0.3) is 0 Å². The van der Waals surface area contributed by atoms with E-state index in [0.29, 0.717) is 5.65 Å². The van der Waals surface area contributed by atoms with Gasteiger partial charge in [0.05, 0.1) is 6.20 Å². The van der Waals surface area contributed by atoms with Crippen molar-refractivity contribution in [3.05, 3.63) is 47.0 Å². The first-order valence-corrected chi connectivity index (χ1v) is 4.83. The van der Waals surface area contributed by atoms with E-state index in [0.717, 1.165) is 16.9 Å². The lowest BCUT2D eigenvalue weighted by Gasteiger charge is -1.92. The van der Waals surface area contributed by atoms with E-state index in [1.54, 1.807) is 0 Å². The number of nitrogens with one attached hydrogen (secondary N) is 2. The van der Waals surface area contributed by atoms with Crippen LogP contribution in [0, 0.1) is 0 Å². The third kappa shape index (κ3) is 1.38. The fraction of sp³-hybridized carbons (Fsp3) is 0. The van der Waals surface area contributed by atoms with E-state index in [4.69, 9.17) is 0 Å². The molecule has 5 nitrogen and oxygen atoms in total. The van der Waals surface area contributed by atoms with Crippen LogP contribution in [0.4, 0.5) is 0 Å². The molecule has 0 amide bonds. The maximum atomic E-state index is 11.0. The lowest BCUT2D eigenvalue weighted by atomic mass is 10.2. The van der Waals surface area contributed by atoms with Gasteiger partial charge in [-0.1, -0.05) is 30.3 Å². The molecule has 2 heterocycles. The van der Waals surface area contributed by atoms with Gasteiger partial charge in [0.2, 0.25) is 0 Å². The van der Waals surface area contributed by atoms with Crippen molar-refractivity contribution in [3.8, 4) is 11.4 Å². The average Bonchev–Trinajstić information content (AvgIpc) is 2.73. The second-order valence-electron chi connectivity index (χ2n) is 3.40. The van der Waals surface area contributed by atoms with Crippen LogP contribution in [0.5, 0.6) is 0 Å². The summed E-state index contributed by atoms with van der Waals surface area (Å²) < 4.78 is 0. The smallest absolute Gasteiger partial charge is 0.335 e. The zero-order valence-electron chi connectivity index (χ0n) is 8.27. The number of hydrogen-bond acceptors (Lipinski definition) is 3. The minimum absolute atomic E-state index is 0.390. The second kappa shape index (κ2) is 3.30. The van der Waals surface area contributed by atoms with Crippen molar-refractivity contribution in [2.24, 2.45) is 0 Å². The Hall–Kier alpha value is -2.43. The highest BCUT2D eigenvalue weighted by Gasteiger charge is 2.05. The predicted molar refractivity (Wildman–Crippen MR) is 59.9 cm³/mol. The molecule has 0 saturated heterocycles. The number of fused-ring (bicyclic) bond motifs is 1. The summed E-state index contributed by atoms with van der Waals surface area (Å²) in [5.74, 6) is 0.722. The number of H-pyrrole nitrogens is 2. The molecule has 5 heteroatoms. The first-order valence-electron chi connectivity index (χ1n) is 4.83. The van der Waals surface area contributed by atoms with Gasteiger partial charge in [0.15, 0.2) is 5.65 Å². The van der Waals surface area contributed by atoms with Crippen molar-refractivity contribution in [3.63, 3.8) is 0 Å². The maximum Gasteiger partial charge on any atom is 0.346 e. The Morgan fingerprint density at radius 3 is 2.69 bits per heavy atom. The van der Waals surface area contributed by atoms with Crippen LogP contribution in [-0.2, 0) is 0 Å². The quantitative estimate of drug-likeness (QED) is 0.638. The first-order chi connectivity index (χ1) is 7.83. The SMILES string of the molecule is O=c1ncc2[nH]c(-c3ccccc3)nc2[nH]1. The van der Waals surface area contributed by atoms with Gasteiger partial charge in [-0.3, -0.25) is 4.98 Å². The number of nitrogens with zero attached hydrogens (tertiary/aromatic N) is 2. The van der Waals surface area contributed by atoms with Crippen molar-refractivity contribution in [2.75, 3.05) is 0 Å². The summed E-state index contributed by atoms with van der Waals surface area (Å²) in [5, 5.41) is 0. The molecule has 0 saturated carbocycles. The van der Waals surface area contributed by atoms with Crippen molar-refractivity contribution in [1.82, 2.24) is 19.9 Å². The van der Waals surface area contributed by atoms with Crippen molar-refractivity contribution < 1.29 is 0 Å². The lowest BCUT2D eigenvalue weighted by Crippen LogP contribution is -2.08. The summed E-state index contributed by atoms with van der Waals surface area (Å²) in [4.78, 5) is 24.6. The Bertz CT molecular complexity index is 684.